The molecule has 3 rings (SSSR count). The zero-order valence-electron chi connectivity index (χ0n) is 34.9. The van der Waals surface area contributed by atoms with Crippen LogP contribution < -0.4 is 17.2 Å². The second-order valence-corrected chi connectivity index (χ2v) is 10.4. The monoisotopic (exact) mass is 834 g/mol. The van der Waals surface area contributed by atoms with E-state index in [2.05, 4.69) is 29.1 Å². The number of aliphatic imine (C=N–C) groups is 1. The van der Waals surface area contributed by atoms with Crippen LogP contribution in [0.15, 0.2) is 59.9 Å². The molecule has 0 aliphatic carbocycles. The number of ether oxygens (including phenoxy) is 7. The number of carbonyl (C=O) groups is 3. The highest BCUT2D eigenvalue weighted by Crippen LogP contribution is 2.18. The third-order valence-electron chi connectivity index (χ3n) is 6.18. The predicted molar refractivity (Wildman–Crippen MR) is 221 cm³/mol. The van der Waals surface area contributed by atoms with Crippen LogP contribution in [0.1, 0.15) is 70.1 Å². The van der Waals surface area contributed by atoms with Gasteiger partial charge in [-0.05, 0) is 84.9 Å². The zero-order valence-corrected chi connectivity index (χ0v) is 34.9. The van der Waals surface area contributed by atoms with Gasteiger partial charge in [-0.15, -0.1) is 0 Å². The van der Waals surface area contributed by atoms with E-state index in [1.807, 2.05) is 32.9 Å². The number of carbonyl (C=O) groups excluding carboxylic acids is 3. The van der Waals surface area contributed by atoms with Crippen LogP contribution in [0.4, 0.5) is 11.5 Å². The number of hydrogen-bond donors (Lipinski definition) is 3. The fourth-order valence-corrected chi connectivity index (χ4v) is 3.63. The third-order valence-corrected chi connectivity index (χ3v) is 6.18. The zero-order chi connectivity index (χ0) is 45.7. The van der Waals surface area contributed by atoms with Crippen LogP contribution >= 0.6 is 0 Å². The first-order valence-corrected chi connectivity index (χ1v) is 18.4. The number of nitrogens with two attached hydrogens (primary N) is 3. The molecule has 0 radical (unpaired) electrons. The van der Waals surface area contributed by atoms with E-state index in [4.69, 9.17) is 64.6 Å². The van der Waals surface area contributed by atoms with E-state index in [-0.39, 0.29) is 31.3 Å². The average Bonchev–Trinajstić information content (AvgIpc) is 3.64. The Balaban J connectivity index is 0. The number of imidazole rings is 1. The van der Waals surface area contributed by atoms with Gasteiger partial charge >= 0.3 is 30.2 Å². The molecule has 0 aliphatic heterocycles. The number of nitrogen functional groups attached to an aromatic ring is 2. The average molecular weight is 835 g/mol. The Bertz CT molecular complexity index is 1880. The Hall–Kier alpha value is -7.07. The number of benzene rings is 2. The summed E-state index contributed by atoms with van der Waals surface area (Å²) in [5, 5.41) is 17.2. The molecule has 20 heteroatoms. The van der Waals surface area contributed by atoms with Crippen LogP contribution in [0.25, 0.3) is 15.4 Å². The highest BCUT2D eigenvalue weighted by Gasteiger charge is 2.23. The molecule has 6 N–H and O–H groups in total. The molecule has 20 nitrogen and oxygen atoms in total. The predicted octanol–water partition coefficient (Wildman–Crippen LogP) is 4.64. The van der Waals surface area contributed by atoms with Crippen LogP contribution in [-0.2, 0) is 42.7 Å². The second kappa shape index (κ2) is 35.1. The van der Waals surface area contributed by atoms with Gasteiger partial charge in [-0.3, -0.25) is 20.0 Å². The lowest BCUT2D eigenvalue weighted by Crippen LogP contribution is -2.28. The van der Waals surface area contributed by atoms with E-state index >= 15 is 0 Å². The fourth-order valence-electron chi connectivity index (χ4n) is 3.63. The van der Waals surface area contributed by atoms with Crippen molar-refractivity contribution in [3.05, 3.63) is 94.5 Å². The second-order valence-electron chi connectivity index (χ2n) is 10.4. The molecule has 0 amide bonds. The van der Waals surface area contributed by atoms with Gasteiger partial charge in [-0.1, -0.05) is 12.1 Å². The van der Waals surface area contributed by atoms with Gasteiger partial charge in [0.05, 0.1) is 49.7 Å². The molecule has 324 valence electrons. The molecular weight excluding hydrogens is 780 g/mol. The molecular formula is C40H54N10O10. The minimum absolute atomic E-state index is 0.0733. The topological polar surface area (TPSA) is 280 Å². The molecule has 0 aliphatic rings. The summed E-state index contributed by atoms with van der Waals surface area (Å²) in [6, 6.07) is 17.7. The quantitative estimate of drug-likeness (QED) is 0.0337. The molecule has 0 bridgehead atoms. The smallest absolute Gasteiger partial charge is 0.415 e. The lowest BCUT2D eigenvalue weighted by Gasteiger charge is -2.15. The maximum Gasteiger partial charge on any atom is 0.415 e. The Labute approximate surface area is 351 Å². The normalized spacial score (nSPS) is 10.6. The van der Waals surface area contributed by atoms with E-state index in [0.717, 1.165) is 6.40 Å². The summed E-state index contributed by atoms with van der Waals surface area (Å²) in [4.78, 5) is 46.2. The number of rotatable bonds is 16. The van der Waals surface area contributed by atoms with Crippen molar-refractivity contribution in [1.82, 2.24) is 9.55 Å². The van der Waals surface area contributed by atoms with Crippen LogP contribution in [0, 0.1) is 35.8 Å². The lowest BCUT2D eigenvalue weighted by atomic mass is 10.2. The number of nitrogens with zero attached hydrogens (tertiary/aromatic N) is 7. The first-order chi connectivity index (χ1) is 28.8. The number of aromatic nitrogens is 2. The van der Waals surface area contributed by atoms with Crippen molar-refractivity contribution in [2.45, 2.75) is 67.3 Å². The molecule has 0 saturated carbocycles. The number of anilines is 2. The third kappa shape index (κ3) is 23.9. The van der Waals surface area contributed by atoms with E-state index in [9.17, 15) is 14.4 Å². The van der Waals surface area contributed by atoms with Crippen molar-refractivity contribution < 1.29 is 47.5 Å². The first-order valence-electron chi connectivity index (χ1n) is 18.4. The van der Waals surface area contributed by atoms with Crippen molar-refractivity contribution in [2.24, 2.45) is 10.7 Å². The van der Waals surface area contributed by atoms with E-state index in [0.29, 0.717) is 48.9 Å². The summed E-state index contributed by atoms with van der Waals surface area (Å²) in [5.74, 6) is -1.68. The van der Waals surface area contributed by atoms with Gasteiger partial charge in [0.1, 0.15) is 12.1 Å². The number of esters is 3. The maximum atomic E-state index is 11.6. The molecule has 2 aromatic carbocycles. The van der Waals surface area contributed by atoms with Crippen molar-refractivity contribution in [3.8, 4) is 17.8 Å². The standard InChI is InChI=1S/C13H12N4O2.C8H12N2O3.C7H6N2.C7H16O3.C5H8N2O2/c1-2-19-13(18)11-12(15)17(8-16-11)10-5-3-4-9(6-10)7-14;1-4-12-6-10-7(9-3)8(11)13-5-2;8-5-6-2-1-3-7(9)4-6;1-4-8-7(9-5-2)10-6-3;1-3-9-5(8)4(6)7-2/h3-6,8H,2,15H2,1H3;6-7H,4-5H2,1-2H3;1-4H,9H2;7H,4-6H2,1-3H3;4H,3,6H2,1H3. The molecule has 1 heterocycles. The van der Waals surface area contributed by atoms with Gasteiger partial charge in [0.25, 0.3) is 6.48 Å². The minimum Gasteiger partial charge on any atom is -0.483 e. The van der Waals surface area contributed by atoms with Crippen molar-refractivity contribution in [1.29, 1.82) is 10.5 Å². The molecule has 3 aromatic rings. The Morgan fingerprint density at radius 3 is 1.77 bits per heavy atom. The molecule has 2 unspecified atom stereocenters. The summed E-state index contributed by atoms with van der Waals surface area (Å²) >= 11 is 0. The highest BCUT2D eigenvalue weighted by atomic mass is 16.8. The van der Waals surface area contributed by atoms with E-state index in [1.54, 1.807) is 76.2 Å². The molecule has 0 saturated heterocycles. The number of hydrogen-bond acceptors (Lipinski definition) is 17. The van der Waals surface area contributed by atoms with Gasteiger partial charge < -0.3 is 44.6 Å². The maximum absolute atomic E-state index is 11.6. The first kappa shape index (κ1) is 55.0. The molecule has 0 fully saturated rings. The fraction of sp³-hybridized carbons (Fsp3) is 0.425. The Kier molecular flexibility index (Phi) is 32.2. The van der Waals surface area contributed by atoms with Crippen LogP contribution in [0.3, 0.4) is 0 Å². The van der Waals surface area contributed by atoms with E-state index < -0.39 is 36.7 Å². The number of nitriles is 2. The van der Waals surface area contributed by atoms with Gasteiger partial charge in [-0.2, -0.15) is 15.5 Å². The molecule has 1 aromatic heterocycles. The lowest BCUT2D eigenvalue weighted by molar-refractivity contribution is -0.282. The van der Waals surface area contributed by atoms with Crippen LogP contribution in [-0.4, -0.2) is 98.9 Å². The van der Waals surface area contributed by atoms with Gasteiger partial charge in [0.2, 0.25) is 0 Å². The summed E-state index contributed by atoms with van der Waals surface area (Å²) in [6.45, 7) is 28.1. The Morgan fingerprint density at radius 2 is 1.32 bits per heavy atom. The Morgan fingerprint density at radius 1 is 0.783 bits per heavy atom. The highest BCUT2D eigenvalue weighted by molar-refractivity contribution is 5.92. The van der Waals surface area contributed by atoms with Gasteiger partial charge in [0, 0.05) is 31.2 Å². The van der Waals surface area contributed by atoms with Crippen LogP contribution in [0.5, 0.6) is 0 Å². The summed E-state index contributed by atoms with van der Waals surface area (Å²) in [7, 11) is 0. The molecule has 0 spiro atoms. The van der Waals surface area contributed by atoms with Crippen molar-refractivity contribution in [2.75, 3.05) is 57.7 Å². The summed E-state index contributed by atoms with van der Waals surface area (Å²) < 4.78 is 35.4. The largest absolute Gasteiger partial charge is 0.483 e. The minimum atomic E-state index is -1.15. The van der Waals surface area contributed by atoms with Gasteiger partial charge in [0.15, 0.2) is 12.1 Å². The van der Waals surface area contributed by atoms with E-state index in [1.165, 1.54) is 10.9 Å². The SMILES string of the molecule is CCOC(=O)c1ncn(-c2cccc(C#N)c2)c1N.CCOC(OCC)OCC.N#Cc1cccc(N)c1.[C-]#[N+]C(N)C(=O)OCC.[C-]#[N+]C(N=COCC)C(=O)OCC. The molecule has 2 atom stereocenters. The van der Waals surface area contributed by atoms with Crippen molar-refractivity contribution >= 4 is 35.8 Å². The summed E-state index contributed by atoms with van der Waals surface area (Å²) in [5.41, 5.74) is 18.7. The van der Waals surface area contributed by atoms with Crippen molar-refractivity contribution in [3.63, 3.8) is 0 Å². The van der Waals surface area contributed by atoms with Crippen LogP contribution in [0.2, 0.25) is 0 Å². The molecule has 60 heavy (non-hydrogen) atoms. The van der Waals surface area contributed by atoms with Gasteiger partial charge in [-0.25, -0.2) is 32.5 Å². The summed E-state index contributed by atoms with van der Waals surface area (Å²) in [6.07, 6.45) is 0.244.